The lowest BCUT2D eigenvalue weighted by atomic mass is 9.89. The molecule has 126 valence electrons. The summed E-state index contributed by atoms with van der Waals surface area (Å²) in [6, 6.07) is 0. The van der Waals surface area contributed by atoms with Gasteiger partial charge in [0.15, 0.2) is 0 Å². The highest BCUT2D eigenvalue weighted by Crippen LogP contribution is 2.22. The van der Waals surface area contributed by atoms with Crippen LogP contribution in [0.25, 0.3) is 0 Å². The second kappa shape index (κ2) is 10.8. The number of aliphatic hydroxyl groups is 2. The highest BCUT2D eigenvalue weighted by atomic mass is 35.5. The molecular formula is C15H31ClN2O3. The number of halogens is 1. The minimum absolute atomic E-state index is 0. The van der Waals surface area contributed by atoms with Gasteiger partial charge in [0.1, 0.15) is 0 Å². The third-order valence-corrected chi connectivity index (χ3v) is 4.50. The molecule has 0 amide bonds. The summed E-state index contributed by atoms with van der Waals surface area (Å²) in [4.78, 5) is 2.15. The van der Waals surface area contributed by atoms with Crippen molar-refractivity contribution >= 4 is 12.4 Å². The van der Waals surface area contributed by atoms with Gasteiger partial charge in [-0.15, -0.1) is 12.4 Å². The quantitative estimate of drug-likeness (QED) is 0.642. The van der Waals surface area contributed by atoms with E-state index in [1.165, 1.54) is 32.1 Å². The number of β-amino-alcohol motifs (C(OH)–C–C–N with tert-alkyl or cyclic N) is 1. The third kappa shape index (κ3) is 7.26. The van der Waals surface area contributed by atoms with Gasteiger partial charge in [-0.3, -0.25) is 4.90 Å². The van der Waals surface area contributed by atoms with Crippen molar-refractivity contribution in [3.63, 3.8) is 0 Å². The van der Waals surface area contributed by atoms with E-state index in [-0.39, 0.29) is 12.4 Å². The molecule has 2 rings (SSSR count). The lowest BCUT2D eigenvalue weighted by Crippen LogP contribution is -2.47. The summed E-state index contributed by atoms with van der Waals surface area (Å²) in [5.74, 6) is 0.757. The average molecular weight is 323 g/mol. The predicted molar refractivity (Wildman–Crippen MR) is 86.0 cm³/mol. The molecule has 21 heavy (non-hydrogen) atoms. The van der Waals surface area contributed by atoms with E-state index in [2.05, 4.69) is 10.2 Å². The molecule has 1 saturated carbocycles. The predicted octanol–water partition coefficient (Wildman–Crippen LogP) is 0.632. The summed E-state index contributed by atoms with van der Waals surface area (Å²) < 4.78 is 5.28. The first-order valence-electron chi connectivity index (χ1n) is 8.12. The van der Waals surface area contributed by atoms with Crippen molar-refractivity contribution in [3.05, 3.63) is 0 Å². The number of hydrogen-bond acceptors (Lipinski definition) is 5. The fourth-order valence-corrected chi connectivity index (χ4v) is 3.13. The van der Waals surface area contributed by atoms with E-state index in [1.807, 2.05) is 0 Å². The maximum Gasteiger partial charge on any atom is 0.0938 e. The molecule has 3 N–H and O–H groups in total. The summed E-state index contributed by atoms with van der Waals surface area (Å²) in [5, 5.41) is 23.4. The first kappa shape index (κ1) is 19.1. The summed E-state index contributed by atoms with van der Waals surface area (Å²) in [5.41, 5.74) is 0. The fourth-order valence-electron chi connectivity index (χ4n) is 3.13. The van der Waals surface area contributed by atoms with Gasteiger partial charge < -0.3 is 20.3 Å². The van der Waals surface area contributed by atoms with Gasteiger partial charge in [0, 0.05) is 26.2 Å². The molecule has 1 aliphatic carbocycles. The Morgan fingerprint density at radius 1 is 1.05 bits per heavy atom. The SMILES string of the molecule is Cl.O[C@@H](CNCC1CCCCC1)[C@@H](O)CN1CCOCC1. The number of rotatable bonds is 7. The van der Waals surface area contributed by atoms with Gasteiger partial charge in [-0.05, 0) is 25.3 Å². The molecule has 1 aliphatic heterocycles. The Labute approximate surface area is 134 Å². The Morgan fingerprint density at radius 3 is 2.38 bits per heavy atom. The zero-order valence-electron chi connectivity index (χ0n) is 12.9. The van der Waals surface area contributed by atoms with Gasteiger partial charge in [-0.25, -0.2) is 0 Å². The number of nitrogens with one attached hydrogen (secondary N) is 1. The number of hydrogen-bond donors (Lipinski definition) is 3. The van der Waals surface area contributed by atoms with Gasteiger partial charge in [0.05, 0.1) is 25.4 Å². The topological polar surface area (TPSA) is 65.0 Å². The van der Waals surface area contributed by atoms with E-state index < -0.39 is 12.2 Å². The molecule has 2 atom stereocenters. The maximum atomic E-state index is 10.0. The first-order valence-corrected chi connectivity index (χ1v) is 8.12. The number of nitrogens with zero attached hydrogens (tertiary/aromatic N) is 1. The van der Waals surface area contributed by atoms with Crippen LogP contribution in [0, 0.1) is 5.92 Å². The molecule has 0 spiro atoms. The normalized spacial score (nSPS) is 24.3. The number of aliphatic hydroxyl groups excluding tert-OH is 2. The largest absolute Gasteiger partial charge is 0.389 e. The molecule has 1 saturated heterocycles. The Morgan fingerprint density at radius 2 is 1.71 bits per heavy atom. The molecule has 2 aliphatic rings. The van der Waals surface area contributed by atoms with Crippen LogP contribution in [0.5, 0.6) is 0 Å². The molecule has 2 fully saturated rings. The minimum atomic E-state index is -0.679. The van der Waals surface area contributed by atoms with Crippen molar-refractivity contribution < 1.29 is 14.9 Å². The van der Waals surface area contributed by atoms with Crippen LogP contribution >= 0.6 is 12.4 Å². The van der Waals surface area contributed by atoms with E-state index >= 15 is 0 Å². The smallest absolute Gasteiger partial charge is 0.0938 e. The van der Waals surface area contributed by atoms with Crippen molar-refractivity contribution in [1.82, 2.24) is 10.2 Å². The summed E-state index contributed by atoms with van der Waals surface area (Å²) >= 11 is 0. The van der Waals surface area contributed by atoms with Crippen molar-refractivity contribution in [2.24, 2.45) is 5.92 Å². The third-order valence-electron chi connectivity index (χ3n) is 4.50. The Kier molecular flexibility index (Phi) is 9.80. The van der Waals surface area contributed by atoms with Crippen LogP contribution in [-0.2, 0) is 4.74 Å². The van der Waals surface area contributed by atoms with Crippen LogP contribution in [0.4, 0.5) is 0 Å². The highest BCUT2D eigenvalue weighted by molar-refractivity contribution is 5.85. The Balaban J connectivity index is 0.00000220. The molecule has 6 heteroatoms. The molecule has 0 aromatic rings. The van der Waals surface area contributed by atoms with Crippen LogP contribution in [-0.4, -0.2) is 73.3 Å². The number of morpholine rings is 1. The van der Waals surface area contributed by atoms with E-state index in [4.69, 9.17) is 4.74 Å². The lowest BCUT2D eigenvalue weighted by Gasteiger charge is -2.30. The summed E-state index contributed by atoms with van der Waals surface area (Å²) in [6.45, 7) is 5.14. The Hall–Kier alpha value is 0.0900. The zero-order valence-corrected chi connectivity index (χ0v) is 13.7. The van der Waals surface area contributed by atoms with Crippen LogP contribution in [0.1, 0.15) is 32.1 Å². The van der Waals surface area contributed by atoms with Crippen LogP contribution in [0.15, 0.2) is 0 Å². The van der Waals surface area contributed by atoms with Gasteiger partial charge >= 0.3 is 0 Å². The van der Waals surface area contributed by atoms with Crippen LogP contribution in [0.2, 0.25) is 0 Å². The van der Waals surface area contributed by atoms with Crippen LogP contribution < -0.4 is 5.32 Å². The lowest BCUT2D eigenvalue weighted by molar-refractivity contribution is -0.0277. The van der Waals surface area contributed by atoms with E-state index in [0.29, 0.717) is 13.1 Å². The average Bonchev–Trinajstić information content (AvgIpc) is 2.49. The molecule has 0 bridgehead atoms. The molecule has 5 nitrogen and oxygen atoms in total. The summed E-state index contributed by atoms with van der Waals surface area (Å²) in [6.07, 6.45) is 5.31. The minimum Gasteiger partial charge on any atom is -0.389 e. The number of ether oxygens (including phenoxy) is 1. The van der Waals surface area contributed by atoms with Gasteiger partial charge in [0.25, 0.3) is 0 Å². The van der Waals surface area contributed by atoms with E-state index in [9.17, 15) is 10.2 Å². The van der Waals surface area contributed by atoms with E-state index in [0.717, 1.165) is 38.8 Å². The maximum absolute atomic E-state index is 10.0. The second-order valence-corrected chi connectivity index (χ2v) is 6.21. The molecule has 0 radical (unpaired) electrons. The van der Waals surface area contributed by atoms with Crippen molar-refractivity contribution in [2.75, 3.05) is 45.9 Å². The molecule has 1 heterocycles. The second-order valence-electron chi connectivity index (χ2n) is 6.21. The van der Waals surface area contributed by atoms with Crippen LogP contribution in [0.3, 0.4) is 0 Å². The fraction of sp³-hybridized carbons (Fsp3) is 1.00. The Bertz CT molecular complexity index is 259. The molecule has 0 unspecified atom stereocenters. The molecule has 0 aromatic carbocycles. The first-order chi connectivity index (χ1) is 9.75. The zero-order chi connectivity index (χ0) is 14.2. The van der Waals surface area contributed by atoms with E-state index in [1.54, 1.807) is 0 Å². The monoisotopic (exact) mass is 322 g/mol. The summed E-state index contributed by atoms with van der Waals surface area (Å²) in [7, 11) is 0. The van der Waals surface area contributed by atoms with Crippen molar-refractivity contribution in [3.8, 4) is 0 Å². The van der Waals surface area contributed by atoms with Gasteiger partial charge in [-0.2, -0.15) is 0 Å². The molecular weight excluding hydrogens is 292 g/mol. The van der Waals surface area contributed by atoms with Gasteiger partial charge in [0.2, 0.25) is 0 Å². The molecule has 0 aromatic heterocycles. The van der Waals surface area contributed by atoms with Crippen molar-refractivity contribution in [2.45, 2.75) is 44.3 Å². The standard InChI is InChI=1S/C15H30N2O3.ClH/c18-14(11-16-10-13-4-2-1-3-5-13)15(19)12-17-6-8-20-9-7-17;/h13-16,18-19H,1-12H2;1H/t14-,15-;/m0./s1. The van der Waals surface area contributed by atoms with Crippen molar-refractivity contribution in [1.29, 1.82) is 0 Å². The highest BCUT2D eigenvalue weighted by Gasteiger charge is 2.21. The van der Waals surface area contributed by atoms with Gasteiger partial charge in [-0.1, -0.05) is 19.3 Å².